The van der Waals surface area contributed by atoms with E-state index in [-0.39, 0.29) is 39.1 Å². The van der Waals surface area contributed by atoms with Crippen LogP contribution in [0, 0.1) is 63.6 Å². The molecule has 0 radical (unpaired) electrons. The maximum atomic E-state index is 14.6. The molecule has 1 heterocycles. The third-order valence-corrected chi connectivity index (χ3v) is 16.2. The van der Waals surface area contributed by atoms with Crippen molar-refractivity contribution in [1.29, 1.82) is 0 Å². The van der Waals surface area contributed by atoms with Gasteiger partial charge in [-0.3, -0.25) is 4.79 Å². The Bertz CT molecular complexity index is 1580. The molecule has 0 bridgehead atoms. The monoisotopic (exact) mass is 660 g/mol. The summed E-state index contributed by atoms with van der Waals surface area (Å²) in [6.07, 6.45) is 10.7. The number of aryl methyl sites for hydroxylation is 1. The molecule has 3 unspecified atom stereocenters. The van der Waals surface area contributed by atoms with E-state index in [2.05, 4.69) is 58.6 Å². The number of rotatable bonds is 5. The molecule has 1 aromatic carbocycles. The Hall–Kier alpha value is -2.11. The smallest absolute Gasteiger partial charge is 0.226 e. The van der Waals surface area contributed by atoms with Crippen LogP contribution in [0.3, 0.4) is 0 Å². The van der Waals surface area contributed by atoms with E-state index < -0.39 is 0 Å². The highest BCUT2D eigenvalue weighted by Crippen LogP contribution is 2.77. The molecule has 5 saturated carbocycles. The Balaban J connectivity index is 1.15. The average Bonchev–Trinajstić information content (AvgIpc) is 3.64. The molecule has 5 aliphatic carbocycles. The Morgan fingerprint density at radius 3 is 2.47 bits per heavy atom. The van der Waals surface area contributed by atoms with Crippen molar-refractivity contribution in [2.75, 3.05) is 0 Å². The first kappa shape index (κ1) is 33.4. The predicted molar refractivity (Wildman–Crippen MR) is 189 cm³/mol. The fourth-order valence-corrected chi connectivity index (χ4v) is 13.5. The zero-order valence-corrected chi connectivity index (χ0v) is 30.6. The van der Waals surface area contributed by atoms with Crippen molar-refractivity contribution in [2.24, 2.45) is 56.7 Å². The fourth-order valence-electron chi connectivity index (χ4n) is 13.3. The third kappa shape index (κ3) is 4.71. The Morgan fingerprint density at radius 1 is 0.979 bits per heavy atom. The van der Waals surface area contributed by atoms with Gasteiger partial charge in [-0.05, 0) is 147 Å². The Kier molecular flexibility index (Phi) is 7.96. The number of allylic oxidation sites excluding steroid dienone is 1. The summed E-state index contributed by atoms with van der Waals surface area (Å²) in [6.45, 7) is 21.6. The molecule has 5 nitrogen and oxygen atoms in total. The molecule has 10 atom stereocenters. The highest BCUT2D eigenvalue weighted by atomic mass is 35.5. The van der Waals surface area contributed by atoms with Crippen LogP contribution < -0.4 is 5.32 Å². The van der Waals surface area contributed by atoms with Crippen molar-refractivity contribution in [3.8, 4) is 11.3 Å². The maximum Gasteiger partial charge on any atom is 0.226 e. The van der Waals surface area contributed by atoms with Gasteiger partial charge in [0, 0.05) is 16.7 Å². The van der Waals surface area contributed by atoms with Crippen LogP contribution in [-0.4, -0.2) is 22.3 Å². The van der Waals surface area contributed by atoms with Crippen LogP contribution in [0.4, 0.5) is 0 Å². The minimum atomic E-state index is -0.370. The number of benzene rings is 1. The predicted octanol–water partition coefficient (Wildman–Crippen LogP) is 9.94. The molecule has 0 spiro atoms. The third-order valence-electron chi connectivity index (χ3n) is 15.9. The van der Waals surface area contributed by atoms with Gasteiger partial charge in [0.15, 0.2) is 5.76 Å². The number of carbonyl (C=O) groups is 1. The van der Waals surface area contributed by atoms with Gasteiger partial charge in [0.1, 0.15) is 5.69 Å². The molecule has 47 heavy (non-hydrogen) atoms. The zero-order valence-electron chi connectivity index (χ0n) is 29.8. The van der Waals surface area contributed by atoms with Crippen molar-refractivity contribution in [3.05, 3.63) is 52.8 Å². The van der Waals surface area contributed by atoms with Crippen molar-refractivity contribution in [2.45, 2.75) is 125 Å². The van der Waals surface area contributed by atoms with E-state index in [9.17, 15) is 9.90 Å². The zero-order chi connectivity index (χ0) is 33.7. The fraction of sp³-hybridized carbons (Fsp3) is 0.707. The number of amides is 1. The molecule has 5 fully saturated rings. The van der Waals surface area contributed by atoms with E-state index in [1.165, 1.54) is 31.3 Å². The van der Waals surface area contributed by atoms with E-state index in [4.69, 9.17) is 16.1 Å². The van der Waals surface area contributed by atoms with Crippen molar-refractivity contribution in [1.82, 2.24) is 10.5 Å². The number of carbonyl (C=O) groups excluding carboxylic acids is 1. The maximum absolute atomic E-state index is 14.6. The summed E-state index contributed by atoms with van der Waals surface area (Å²) in [5.41, 5.74) is 4.28. The first-order chi connectivity index (χ1) is 22.1. The van der Waals surface area contributed by atoms with Crippen LogP contribution in [0.5, 0.6) is 0 Å². The summed E-state index contributed by atoms with van der Waals surface area (Å²) in [6, 6.07) is 7.72. The lowest BCUT2D eigenvalue weighted by Gasteiger charge is -2.72. The van der Waals surface area contributed by atoms with Crippen LogP contribution in [0.15, 0.2) is 40.9 Å². The lowest BCUT2D eigenvalue weighted by Crippen LogP contribution is -2.67. The van der Waals surface area contributed by atoms with Gasteiger partial charge in [0.2, 0.25) is 5.91 Å². The lowest BCUT2D eigenvalue weighted by atomic mass is 9.32. The standard InChI is InChI=1S/C41H57ClN2O3/c1-24(2)28-13-18-41(36(46)43-23-27-22-31(44-47-27)29-10-9-26(42)21-25(29)3)20-19-39(7)30(35(28)41)11-12-33-38(6)16-15-34(45)37(4,5)32(38)14-17-40(33,39)8/h9-10,21-22,28,30,32-35,45H,1,11-20,23H2,2-8H3,(H,43,46)/t28-,30?,32?,33?,34-,35+,38-,39+,40+,41-/m0/s1. The summed E-state index contributed by atoms with van der Waals surface area (Å²) in [5, 5.41) is 19.5. The van der Waals surface area contributed by atoms with E-state index in [1.807, 2.05) is 31.2 Å². The van der Waals surface area contributed by atoms with E-state index >= 15 is 0 Å². The van der Waals surface area contributed by atoms with Crippen molar-refractivity contribution >= 4 is 17.5 Å². The SMILES string of the molecule is C=C(C)[C@@H]1CC[C@]2(C(=O)NCc3cc(-c4ccc(Cl)cc4C)no3)CC[C@]3(C)C(CCC4[C@@]5(C)CC[C@H](O)C(C)(C)C5CC[C@]43C)[C@@H]12. The number of nitrogens with one attached hydrogen (secondary N) is 1. The second-order valence-electron chi connectivity index (χ2n) is 18.0. The van der Waals surface area contributed by atoms with Gasteiger partial charge < -0.3 is 14.9 Å². The molecule has 0 saturated heterocycles. The summed E-state index contributed by atoms with van der Waals surface area (Å²) in [5.74, 6) is 3.27. The molecule has 5 aliphatic rings. The average molecular weight is 661 g/mol. The van der Waals surface area contributed by atoms with Crippen molar-refractivity contribution in [3.63, 3.8) is 0 Å². The minimum absolute atomic E-state index is 0.0414. The molecule has 1 aromatic heterocycles. The molecular weight excluding hydrogens is 604 g/mol. The summed E-state index contributed by atoms with van der Waals surface area (Å²) in [7, 11) is 0. The molecule has 1 amide bonds. The largest absolute Gasteiger partial charge is 0.393 e. The first-order valence-corrected chi connectivity index (χ1v) is 18.8. The van der Waals surface area contributed by atoms with Crippen LogP contribution in [0.1, 0.15) is 117 Å². The Labute approximate surface area is 287 Å². The second-order valence-corrected chi connectivity index (χ2v) is 18.5. The molecule has 6 heteroatoms. The lowest BCUT2D eigenvalue weighted by molar-refractivity contribution is -0.246. The van der Waals surface area contributed by atoms with Crippen molar-refractivity contribution < 1.29 is 14.4 Å². The van der Waals surface area contributed by atoms with Crippen LogP contribution in [0.2, 0.25) is 5.02 Å². The number of nitrogens with zero attached hydrogens (tertiary/aromatic N) is 1. The number of fused-ring (bicyclic) bond motifs is 7. The first-order valence-electron chi connectivity index (χ1n) is 18.4. The summed E-state index contributed by atoms with van der Waals surface area (Å²) < 4.78 is 5.73. The van der Waals surface area contributed by atoms with Crippen LogP contribution >= 0.6 is 11.6 Å². The summed E-state index contributed by atoms with van der Waals surface area (Å²) in [4.78, 5) is 14.6. The normalized spacial score (nSPS) is 42.1. The topological polar surface area (TPSA) is 75.4 Å². The van der Waals surface area contributed by atoms with Gasteiger partial charge >= 0.3 is 0 Å². The van der Waals surface area contributed by atoms with Gasteiger partial charge in [0.25, 0.3) is 0 Å². The molecule has 2 aromatic rings. The number of halogens is 1. The number of hydrogen-bond acceptors (Lipinski definition) is 4. The molecule has 7 rings (SSSR count). The number of hydrogen-bond donors (Lipinski definition) is 2. The highest BCUT2D eigenvalue weighted by molar-refractivity contribution is 6.30. The number of aliphatic hydroxyl groups excluding tert-OH is 1. The summed E-state index contributed by atoms with van der Waals surface area (Å²) >= 11 is 6.18. The van der Waals surface area contributed by atoms with E-state index in [1.54, 1.807) is 0 Å². The highest BCUT2D eigenvalue weighted by Gasteiger charge is 2.71. The van der Waals surface area contributed by atoms with Crippen LogP contribution in [-0.2, 0) is 11.3 Å². The molecular formula is C41H57ClN2O3. The molecule has 2 N–H and O–H groups in total. The molecule has 0 aliphatic heterocycles. The van der Waals surface area contributed by atoms with Gasteiger partial charge in [-0.15, -0.1) is 0 Å². The minimum Gasteiger partial charge on any atom is -0.393 e. The van der Waals surface area contributed by atoms with Gasteiger partial charge in [-0.1, -0.05) is 69.6 Å². The van der Waals surface area contributed by atoms with Crippen LogP contribution in [0.25, 0.3) is 11.3 Å². The quantitative estimate of drug-likeness (QED) is 0.313. The van der Waals surface area contributed by atoms with Gasteiger partial charge in [-0.25, -0.2) is 0 Å². The number of aromatic nitrogens is 1. The number of aliphatic hydroxyl groups is 1. The Morgan fingerprint density at radius 2 is 1.74 bits per heavy atom. The van der Waals surface area contributed by atoms with E-state index in [0.717, 1.165) is 55.3 Å². The molecule has 256 valence electrons. The van der Waals surface area contributed by atoms with Gasteiger partial charge in [0.05, 0.1) is 18.1 Å². The van der Waals surface area contributed by atoms with E-state index in [0.29, 0.717) is 46.9 Å². The van der Waals surface area contributed by atoms with Gasteiger partial charge in [-0.2, -0.15) is 0 Å². The second kappa shape index (κ2) is 11.2.